The molecule has 0 spiro atoms. The Morgan fingerprint density at radius 3 is 2.79 bits per heavy atom. The van der Waals surface area contributed by atoms with Crippen molar-refractivity contribution in [1.82, 2.24) is 30.5 Å². The largest absolute Gasteiger partial charge is 0.393 e. The average Bonchev–Trinajstić information content (AvgIpc) is 2.95. The first-order valence-corrected chi connectivity index (χ1v) is 8.21. The van der Waals surface area contributed by atoms with Crippen molar-refractivity contribution >= 4 is 5.91 Å². The summed E-state index contributed by atoms with van der Waals surface area (Å²) in [6.45, 7) is 2.26. The third-order valence-electron chi connectivity index (χ3n) is 4.53. The minimum absolute atomic E-state index is 0.0228. The van der Waals surface area contributed by atoms with E-state index in [4.69, 9.17) is 0 Å². The van der Waals surface area contributed by atoms with E-state index in [2.05, 4.69) is 25.8 Å². The first kappa shape index (κ1) is 16.5. The van der Waals surface area contributed by atoms with Crippen molar-refractivity contribution in [3.05, 3.63) is 35.9 Å². The zero-order chi connectivity index (χ0) is 16.9. The summed E-state index contributed by atoms with van der Waals surface area (Å²) in [5, 5.41) is 23.9. The smallest absolute Gasteiger partial charge is 0.222 e. The standard InChI is InChI=1S/C16H22N6O2/c1-11-19-20-21-22(11)7-4-16(24)18-15(13-9-14(23)10-13)8-12-2-5-17-6-3-12/h2-3,5-6,13-15,23H,4,7-10H2,1H3,(H,18,24). The highest BCUT2D eigenvalue weighted by Crippen LogP contribution is 2.31. The summed E-state index contributed by atoms with van der Waals surface area (Å²) >= 11 is 0. The van der Waals surface area contributed by atoms with E-state index in [0.29, 0.717) is 24.7 Å². The van der Waals surface area contributed by atoms with E-state index < -0.39 is 0 Å². The molecule has 1 fully saturated rings. The second kappa shape index (κ2) is 7.48. The van der Waals surface area contributed by atoms with Crippen molar-refractivity contribution in [2.75, 3.05) is 0 Å². The molecule has 2 N–H and O–H groups in total. The minimum Gasteiger partial charge on any atom is -0.393 e. The van der Waals surface area contributed by atoms with Gasteiger partial charge in [-0.15, -0.1) is 5.10 Å². The Balaban J connectivity index is 1.56. The number of tetrazole rings is 1. The van der Waals surface area contributed by atoms with Gasteiger partial charge in [-0.3, -0.25) is 9.78 Å². The highest BCUT2D eigenvalue weighted by molar-refractivity contribution is 5.76. The number of hydrogen-bond donors (Lipinski definition) is 2. The van der Waals surface area contributed by atoms with Crippen molar-refractivity contribution in [3.63, 3.8) is 0 Å². The summed E-state index contributed by atoms with van der Waals surface area (Å²) in [7, 11) is 0. The van der Waals surface area contributed by atoms with Crippen LogP contribution in [-0.4, -0.2) is 48.4 Å². The van der Waals surface area contributed by atoms with Crippen molar-refractivity contribution in [2.24, 2.45) is 5.92 Å². The van der Waals surface area contributed by atoms with E-state index in [9.17, 15) is 9.90 Å². The van der Waals surface area contributed by atoms with Crippen molar-refractivity contribution in [1.29, 1.82) is 0 Å². The van der Waals surface area contributed by atoms with Crippen LogP contribution < -0.4 is 5.32 Å². The topological polar surface area (TPSA) is 106 Å². The maximum atomic E-state index is 12.3. The van der Waals surface area contributed by atoms with Gasteiger partial charge < -0.3 is 10.4 Å². The summed E-state index contributed by atoms with van der Waals surface area (Å²) in [5.41, 5.74) is 1.13. The van der Waals surface area contributed by atoms with Crippen LogP contribution in [0.3, 0.4) is 0 Å². The van der Waals surface area contributed by atoms with Gasteiger partial charge in [-0.05, 0) is 60.2 Å². The Morgan fingerprint density at radius 2 is 2.17 bits per heavy atom. The van der Waals surface area contributed by atoms with Crippen molar-refractivity contribution in [3.8, 4) is 0 Å². The van der Waals surface area contributed by atoms with E-state index in [1.165, 1.54) is 0 Å². The number of amides is 1. The number of rotatable bonds is 7. The number of aliphatic hydroxyl groups excluding tert-OH is 1. The molecule has 0 bridgehead atoms. The van der Waals surface area contributed by atoms with Crippen molar-refractivity contribution in [2.45, 2.75) is 51.3 Å². The first-order valence-electron chi connectivity index (χ1n) is 8.21. The number of carbonyl (C=O) groups excluding carboxylic acids is 1. The van der Waals surface area contributed by atoms with Gasteiger partial charge >= 0.3 is 0 Å². The molecular formula is C16H22N6O2. The van der Waals surface area contributed by atoms with Crippen molar-refractivity contribution < 1.29 is 9.90 Å². The Kier molecular flexibility index (Phi) is 5.14. The molecule has 1 atom stereocenters. The molecule has 1 aliphatic rings. The van der Waals surface area contributed by atoms with Crippen LogP contribution in [0.1, 0.15) is 30.7 Å². The summed E-state index contributed by atoms with van der Waals surface area (Å²) in [6.07, 6.45) is 5.82. The number of aromatic nitrogens is 5. The van der Waals surface area contributed by atoms with Crippen LogP contribution in [0.5, 0.6) is 0 Å². The van der Waals surface area contributed by atoms with E-state index in [0.717, 1.165) is 24.8 Å². The van der Waals surface area contributed by atoms with Crippen LogP contribution in [0.4, 0.5) is 0 Å². The van der Waals surface area contributed by atoms with Gasteiger partial charge in [0.15, 0.2) is 0 Å². The zero-order valence-corrected chi connectivity index (χ0v) is 13.7. The van der Waals surface area contributed by atoms with Gasteiger partial charge in [-0.1, -0.05) is 0 Å². The number of nitrogens with zero attached hydrogens (tertiary/aromatic N) is 5. The molecule has 1 unspecified atom stereocenters. The molecule has 2 aromatic rings. The SMILES string of the molecule is Cc1nnnn1CCC(=O)NC(Cc1ccncc1)C1CC(O)C1. The Bertz CT molecular complexity index is 668. The molecule has 0 aromatic carbocycles. The van der Waals surface area contributed by atoms with Gasteiger partial charge in [0, 0.05) is 24.9 Å². The van der Waals surface area contributed by atoms with Gasteiger partial charge in [0.05, 0.1) is 12.6 Å². The molecule has 8 heteroatoms. The molecule has 128 valence electrons. The molecule has 1 aliphatic carbocycles. The Morgan fingerprint density at radius 1 is 1.42 bits per heavy atom. The Labute approximate surface area is 140 Å². The van der Waals surface area contributed by atoms with E-state index >= 15 is 0 Å². The number of nitrogens with one attached hydrogen (secondary N) is 1. The van der Waals surface area contributed by atoms with Gasteiger partial charge in [0.1, 0.15) is 5.82 Å². The molecule has 3 rings (SSSR count). The highest BCUT2D eigenvalue weighted by atomic mass is 16.3. The minimum atomic E-state index is -0.240. The third-order valence-corrected chi connectivity index (χ3v) is 4.53. The average molecular weight is 330 g/mol. The lowest BCUT2D eigenvalue weighted by molar-refractivity contribution is -0.123. The monoisotopic (exact) mass is 330 g/mol. The number of carbonyl (C=O) groups is 1. The fourth-order valence-electron chi connectivity index (χ4n) is 3.01. The first-order chi connectivity index (χ1) is 11.6. The molecule has 0 aliphatic heterocycles. The summed E-state index contributed by atoms with van der Waals surface area (Å²) < 4.78 is 1.62. The van der Waals surface area contributed by atoms with Crippen LogP contribution in [0.25, 0.3) is 0 Å². The van der Waals surface area contributed by atoms with Crippen LogP contribution >= 0.6 is 0 Å². The zero-order valence-electron chi connectivity index (χ0n) is 13.7. The maximum Gasteiger partial charge on any atom is 0.222 e. The molecular weight excluding hydrogens is 308 g/mol. The molecule has 8 nitrogen and oxygen atoms in total. The number of pyridine rings is 1. The number of aliphatic hydroxyl groups is 1. The molecule has 24 heavy (non-hydrogen) atoms. The molecule has 0 radical (unpaired) electrons. The molecule has 2 heterocycles. The second-order valence-electron chi connectivity index (χ2n) is 6.32. The van der Waals surface area contributed by atoms with E-state index in [-0.39, 0.29) is 18.1 Å². The highest BCUT2D eigenvalue weighted by Gasteiger charge is 2.34. The number of aryl methyl sites for hydroxylation is 2. The van der Waals surface area contributed by atoms with Crippen LogP contribution in [0.2, 0.25) is 0 Å². The predicted molar refractivity (Wildman–Crippen MR) is 85.8 cm³/mol. The lowest BCUT2D eigenvalue weighted by Gasteiger charge is -2.38. The van der Waals surface area contributed by atoms with Gasteiger partial charge in [0.25, 0.3) is 0 Å². The van der Waals surface area contributed by atoms with Gasteiger partial charge in [-0.2, -0.15) is 0 Å². The van der Waals surface area contributed by atoms with Crippen LogP contribution in [0, 0.1) is 12.8 Å². The maximum absolute atomic E-state index is 12.3. The molecule has 1 saturated carbocycles. The second-order valence-corrected chi connectivity index (χ2v) is 6.32. The van der Waals surface area contributed by atoms with Gasteiger partial charge in [0.2, 0.25) is 5.91 Å². The summed E-state index contributed by atoms with van der Waals surface area (Å²) in [6, 6.07) is 3.94. The lowest BCUT2D eigenvalue weighted by Crippen LogP contribution is -2.48. The lowest BCUT2D eigenvalue weighted by atomic mass is 9.75. The molecule has 1 amide bonds. The Hall–Kier alpha value is -2.35. The fourth-order valence-corrected chi connectivity index (χ4v) is 3.01. The summed E-state index contributed by atoms with van der Waals surface area (Å²) in [4.78, 5) is 16.3. The number of hydrogen-bond acceptors (Lipinski definition) is 6. The van der Waals surface area contributed by atoms with Crippen LogP contribution in [-0.2, 0) is 17.8 Å². The van der Waals surface area contributed by atoms with Gasteiger partial charge in [-0.25, -0.2) is 4.68 Å². The van der Waals surface area contributed by atoms with E-state index in [1.807, 2.05) is 12.1 Å². The van der Waals surface area contributed by atoms with Crippen LogP contribution in [0.15, 0.2) is 24.5 Å². The quantitative estimate of drug-likeness (QED) is 0.754. The fraction of sp³-hybridized carbons (Fsp3) is 0.562. The van der Waals surface area contributed by atoms with E-state index in [1.54, 1.807) is 24.0 Å². The molecule has 0 saturated heterocycles. The predicted octanol–water partition coefficient (Wildman–Crippen LogP) is 0.265. The normalized spacial score (nSPS) is 21.1. The summed E-state index contributed by atoms with van der Waals surface area (Å²) in [5.74, 6) is 0.982. The molecule has 2 aromatic heterocycles. The third kappa shape index (κ3) is 4.14.